The monoisotopic (exact) mass is 393 g/mol. The van der Waals surface area contributed by atoms with Gasteiger partial charge in [0.2, 0.25) is 11.8 Å². The topological polar surface area (TPSA) is 114 Å². The van der Waals surface area contributed by atoms with Crippen LogP contribution in [0.25, 0.3) is 11.0 Å². The lowest BCUT2D eigenvalue weighted by Gasteiger charge is -2.14. The maximum atomic E-state index is 12.5. The Kier molecular flexibility index (Phi) is 4.42. The van der Waals surface area contributed by atoms with Gasteiger partial charge in [-0.1, -0.05) is 12.1 Å². The molecule has 29 heavy (non-hydrogen) atoms. The van der Waals surface area contributed by atoms with Gasteiger partial charge >= 0.3 is 5.69 Å². The Morgan fingerprint density at radius 2 is 1.76 bits per heavy atom. The highest BCUT2D eigenvalue weighted by Crippen LogP contribution is 2.20. The number of anilines is 2. The molecule has 3 amide bonds. The lowest BCUT2D eigenvalue weighted by Crippen LogP contribution is -2.43. The molecule has 4 rings (SSSR count). The van der Waals surface area contributed by atoms with Crippen LogP contribution in [0.15, 0.2) is 47.3 Å². The molecule has 0 unspecified atom stereocenters. The number of carbonyl (C=O) groups excluding carboxylic acids is 3. The van der Waals surface area contributed by atoms with E-state index in [0.29, 0.717) is 22.5 Å². The Bertz CT molecular complexity index is 1220. The number of hydrogen-bond donors (Lipinski definition) is 3. The van der Waals surface area contributed by atoms with Crippen LogP contribution in [-0.2, 0) is 23.7 Å². The van der Waals surface area contributed by atoms with Crippen molar-refractivity contribution in [3.8, 4) is 0 Å². The molecule has 1 aliphatic heterocycles. The van der Waals surface area contributed by atoms with Crippen molar-refractivity contribution >= 4 is 40.1 Å². The summed E-state index contributed by atoms with van der Waals surface area (Å²) in [7, 11) is 3.33. The molecule has 1 aromatic heterocycles. The average molecular weight is 393 g/mol. The first kappa shape index (κ1) is 18.5. The van der Waals surface area contributed by atoms with Crippen molar-refractivity contribution in [3.05, 3.63) is 58.5 Å². The second kappa shape index (κ2) is 6.93. The van der Waals surface area contributed by atoms with Crippen molar-refractivity contribution in [1.82, 2.24) is 14.5 Å². The largest absolute Gasteiger partial charge is 0.340 e. The van der Waals surface area contributed by atoms with Gasteiger partial charge in [0.15, 0.2) is 0 Å². The Morgan fingerprint density at radius 1 is 1.03 bits per heavy atom. The summed E-state index contributed by atoms with van der Waals surface area (Å²) in [6.07, 6.45) is -0.225. The van der Waals surface area contributed by atoms with E-state index in [9.17, 15) is 19.2 Å². The second-order valence-corrected chi connectivity index (χ2v) is 6.92. The van der Waals surface area contributed by atoms with E-state index in [1.807, 2.05) is 0 Å². The van der Waals surface area contributed by atoms with Crippen LogP contribution in [0.4, 0.5) is 11.4 Å². The number of carbonyl (C=O) groups is 3. The summed E-state index contributed by atoms with van der Waals surface area (Å²) in [6, 6.07) is 10.8. The molecule has 0 aliphatic carbocycles. The van der Waals surface area contributed by atoms with Crippen LogP contribution in [0.1, 0.15) is 16.8 Å². The number of aromatic nitrogens is 2. The van der Waals surface area contributed by atoms with Gasteiger partial charge in [-0.05, 0) is 30.3 Å². The fourth-order valence-corrected chi connectivity index (χ4v) is 3.44. The highest BCUT2D eigenvalue weighted by atomic mass is 16.2. The number of para-hydroxylation sites is 1. The van der Waals surface area contributed by atoms with E-state index in [2.05, 4.69) is 16.0 Å². The van der Waals surface area contributed by atoms with Gasteiger partial charge in [0, 0.05) is 19.8 Å². The number of fused-ring (bicyclic) bond motifs is 2. The van der Waals surface area contributed by atoms with Gasteiger partial charge in [-0.3, -0.25) is 23.5 Å². The molecular formula is C20H19N5O4. The standard InChI is InChI=1S/C20H19N5O4/c1-24-15-8-7-11(9-16(15)25(2)20(24)29)21-17(26)10-14-19(28)22-13-6-4-3-5-12(13)18(27)23-14/h3-9,14H,10H2,1-2H3,(H,21,26)(H,22,28)(H,23,27)/t14-/m1/s1. The van der Waals surface area contributed by atoms with Gasteiger partial charge in [-0.2, -0.15) is 0 Å². The lowest BCUT2D eigenvalue weighted by molar-refractivity contribution is -0.122. The zero-order chi connectivity index (χ0) is 20.7. The summed E-state index contributed by atoms with van der Waals surface area (Å²) < 4.78 is 3.01. The highest BCUT2D eigenvalue weighted by Gasteiger charge is 2.29. The third-order valence-electron chi connectivity index (χ3n) is 5.00. The van der Waals surface area contributed by atoms with Crippen LogP contribution < -0.4 is 21.6 Å². The maximum absolute atomic E-state index is 12.5. The van der Waals surface area contributed by atoms with E-state index >= 15 is 0 Å². The van der Waals surface area contributed by atoms with Crippen molar-refractivity contribution in [3.63, 3.8) is 0 Å². The molecular weight excluding hydrogens is 374 g/mol. The zero-order valence-electron chi connectivity index (χ0n) is 15.9. The fourth-order valence-electron chi connectivity index (χ4n) is 3.44. The molecule has 1 aliphatic rings. The molecule has 3 N–H and O–H groups in total. The van der Waals surface area contributed by atoms with Crippen LogP contribution in [-0.4, -0.2) is 32.9 Å². The Morgan fingerprint density at radius 3 is 2.55 bits per heavy atom. The number of nitrogens with zero attached hydrogens (tertiary/aromatic N) is 2. The van der Waals surface area contributed by atoms with Crippen molar-refractivity contribution in [1.29, 1.82) is 0 Å². The van der Waals surface area contributed by atoms with Gasteiger partial charge in [0.1, 0.15) is 6.04 Å². The second-order valence-electron chi connectivity index (χ2n) is 6.92. The van der Waals surface area contributed by atoms with Crippen LogP contribution in [0.3, 0.4) is 0 Å². The molecule has 2 heterocycles. The molecule has 0 saturated heterocycles. The molecule has 0 fully saturated rings. The van der Waals surface area contributed by atoms with E-state index in [1.54, 1.807) is 56.6 Å². The number of rotatable bonds is 3. The average Bonchev–Trinajstić information content (AvgIpc) is 2.83. The summed E-state index contributed by atoms with van der Waals surface area (Å²) in [5.41, 5.74) is 2.50. The first-order chi connectivity index (χ1) is 13.8. The number of nitrogens with one attached hydrogen (secondary N) is 3. The number of aryl methyl sites for hydroxylation is 2. The van der Waals surface area contributed by atoms with Crippen LogP contribution in [0, 0.1) is 0 Å². The van der Waals surface area contributed by atoms with Crippen molar-refractivity contribution in [2.45, 2.75) is 12.5 Å². The first-order valence-corrected chi connectivity index (χ1v) is 9.01. The number of imidazole rings is 1. The molecule has 9 nitrogen and oxygen atoms in total. The van der Waals surface area contributed by atoms with Crippen molar-refractivity contribution in [2.24, 2.45) is 14.1 Å². The molecule has 9 heteroatoms. The van der Waals surface area contributed by atoms with E-state index in [1.165, 1.54) is 9.13 Å². The third kappa shape index (κ3) is 3.27. The van der Waals surface area contributed by atoms with E-state index in [4.69, 9.17) is 0 Å². The van der Waals surface area contributed by atoms with Gasteiger partial charge in [-0.25, -0.2) is 4.79 Å². The predicted molar refractivity (Wildman–Crippen MR) is 108 cm³/mol. The van der Waals surface area contributed by atoms with Crippen LogP contribution in [0.5, 0.6) is 0 Å². The van der Waals surface area contributed by atoms with Gasteiger partial charge in [-0.15, -0.1) is 0 Å². The summed E-state index contributed by atoms with van der Waals surface area (Å²) in [4.78, 5) is 49.3. The zero-order valence-corrected chi connectivity index (χ0v) is 15.9. The summed E-state index contributed by atoms with van der Waals surface area (Å²) in [6.45, 7) is 0. The van der Waals surface area contributed by atoms with Crippen LogP contribution >= 0.6 is 0 Å². The Hall–Kier alpha value is -3.88. The first-order valence-electron chi connectivity index (χ1n) is 9.01. The summed E-state index contributed by atoms with van der Waals surface area (Å²) in [5.74, 6) is -1.31. The summed E-state index contributed by atoms with van der Waals surface area (Å²) in [5, 5.41) is 7.98. The summed E-state index contributed by atoms with van der Waals surface area (Å²) >= 11 is 0. The minimum Gasteiger partial charge on any atom is -0.340 e. The van der Waals surface area contributed by atoms with Gasteiger partial charge in [0.05, 0.1) is 28.7 Å². The third-order valence-corrected chi connectivity index (χ3v) is 5.00. The molecule has 3 aromatic rings. The fraction of sp³-hybridized carbons (Fsp3) is 0.200. The van der Waals surface area contributed by atoms with E-state index in [0.717, 1.165) is 5.52 Å². The number of hydrogen-bond acceptors (Lipinski definition) is 4. The van der Waals surface area contributed by atoms with Crippen LogP contribution in [0.2, 0.25) is 0 Å². The minimum absolute atomic E-state index is 0.166. The van der Waals surface area contributed by atoms with E-state index < -0.39 is 23.8 Å². The SMILES string of the molecule is Cn1c(=O)n(C)c2cc(NC(=O)C[C@H]3NC(=O)c4ccccc4NC3=O)ccc21. The van der Waals surface area contributed by atoms with Crippen molar-refractivity contribution in [2.75, 3.05) is 10.6 Å². The smallest absolute Gasteiger partial charge is 0.328 e. The molecule has 0 spiro atoms. The van der Waals surface area contributed by atoms with E-state index in [-0.39, 0.29) is 12.1 Å². The highest BCUT2D eigenvalue weighted by molar-refractivity contribution is 6.11. The minimum atomic E-state index is -1.00. The predicted octanol–water partition coefficient (Wildman–Crippen LogP) is 0.956. The molecule has 1 atom stereocenters. The van der Waals surface area contributed by atoms with Gasteiger partial charge in [0.25, 0.3) is 5.91 Å². The maximum Gasteiger partial charge on any atom is 0.328 e. The quantitative estimate of drug-likeness (QED) is 0.615. The lowest BCUT2D eigenvalue weighted by atomic mass is 10.1. The Labute approximate surface area is 165 Å². The number of amides is 3. The molecule has 0 saturated carbocycles. The number of benzene rings is 2. The Balaban J connectivity index is 1.51. The molecule has 0 radical (unpaired) electrons. The molecule has 2 aromatic carbocycles. The van der Waals surface area contributed by atoms with Crippen molar-refractivity contribution < 1.29 is 14.4 Å². The molecule has 148 valence electrons. The molecule has 0 bridgehead atoms. The normalized spacial score (nSPS) is 16.0. The van der Waals surface area contributed by atoms with Gasteiger partial charge < -0.3 is 16.0 Å².